The fourth-order valence-electron chi connectivity index (χ4n) is 2.12. The van der Waals surface area contributed by atoms with Gasteiger partial charge in [0.15, 0.2) is 0 Å². The molecular weight excluding hydrogens is 294 g/mol. The summed E-state index contributed by atoms with van der Waals surface area (Å²) in [6, 6.07) is 9.09. The van der Waals surface area contributed by atoms with Gasteiger partial charge in [-0.1, -0.05) is 18.2 Å². The highest BCUT2D eigenvalue weighted by Gasteiger charge is 2.37. The molecule has 1 heterocycles. The van der Waals surface area contributed by atoms with E-state index >= 15 is 0 Å². The van der Waals surface area contributed by atoms with E-state index in [-0.39, 0.29) is 38.7 Å². The van der Waals surface area contributed by atoms with Crippen LogP contribution in [-0.2, 0) is 14.8 Å². The number of ether oxygens (including phenoxy) is 2. The summed E-state index contributed by atoms with van der Waals surface area (Å²) in [5, 5.41) is 10.6. The maximum Gasteiger partial charge on any atom is 0.214 e. The predicted octanol–water partition coefficient (Wildman–Crippen LogP) is 0.478. The standard InChI is InChI=1S/C14H21NO5S/c1-2-21(17,18)15-8-9-19-11-14(16,10-15)12-20-13-6-4-3-5-7-13/h3-7,16H,2,8-12H2,1H3/t14-/m1/s1. The summed E-state index contributed by atoms with van der Waals surface area (Å²) >= 11 is 0. The zero-order valence-corrected chi connectivity index (χ0v) is 12.9. The van der Waals surface area contributed by atoms with Crippen molar-refractivity contribution < 1.29 is 23.0 Å². The number of β-amino-alcohol motifs (C(OH)–C–C–N with tert-alkyl or cyclic N) is 1. The second-order valence-corrected chi connectivity index (χ2v) is 7.37. The topological polar surface area (TPSA) is 76.1 Å². The van der Waals surface area contributed by atoms with Gasteiger partial charge < -0.3 is 14.6 Å². The maximum atomic E-state index is 12.0. The van der Waals surface area contributed by atoms with Gasteiger partial charge in [0.25, 0.3) is 0 Å². The average molecular weight is 315 g/mol. The Balaban J connectivity index is 2.05. The van der Waals surface area contributed by atoms with Gasteiger partial charge in [-0.05, 0) is 19.1 Å². The molecule has 0 amide bonds. The van der Waals surface area contributed by atoms with Crippen LogP contribution in [0.3, 0.4) is 0 Å². The molecule has 21 heavy (non-hydrogen) atoms. The number of para-hydroxylation sites is 1. The fourth-order valence-corrected chi connectivity index (χ4v) is 3.28. The first kappa shape index (κ1) is 16.2. The van der Waals surface area contributed by atoms with Crippen LogP contribution in [0.1, 0.15) is 6.92 Å². The van der Waals surface area contributed by atoms with Crippen LogP contribution in [-0.4, -0.2) is 62.1 Å². The van der Waals surface area contributed by atoms with Crippen LogP contribution in [0.2, 0.25) is 0 Å². The lowest BCUT2D eigenvalue weighted by atomic mass is 10.1. The average Bonchev–Trinajstić information content (AvgIpc) is 2.69. The van der Waals surface area contributed by atoms with Crippen LogP contribution in [0.25, 0.3) is 0 Å². The quantitative estimate of drug-likeness (QED) is 0.855. The lowest BCUT2D eigenvalue weighted by Gasteiger charge is -2.29. The van der Waals surface area contributed by atoms with Crippen molar-refractivity contribution in [3.05, 3.63) is 30.3 Å². The summed E-state index contributed by atoms with van der Waals surface area (Å²) in [6.07, 6.45) is 0. The Morgan fingerprint density at radius 3 is 2.76 bits per heavy atom. The van der Waals surface area contributed by atoms with Crippen molar-refractivity contribution in [2.24, 2.45) is 0 Å². The van der Waals surface area contributed by atoms with Crippen LogP contribution in [0.5, 0.6) is 5.75 Å². The molecule has 0 spiro atoms. The Labute approximate surface area is 125 Å². The highest BCUT2D eigenvalue weighted by Crippen LogP contribution is 2.18. The molecule has 1 aromatic rings. The summed E-state index contributed by atoms with van der Waals surface area (Å²) in [5.74, 6) is 0.628. The Kier molecular flexibility index (Phi) is 5.21. The first-order valence-electron chi connectivity index (χ1n) is 6.91. The molecule has 1 fully saturated rings. The van der Waals surface area contributed by atoms with Crippen molar-refractivity contribution >= 4 is 10.0 Å². The van der Waals surface area contributed by atoms with E-state index in [1.165, 1.54) is 4.31 Å². The minimum atomic E-state index is -3.36. The molecule has 6 nitrogen and oxygen atoms in total. The SMILES string of the molecule is CCS(=O)(=O)N1CCOC[C@@](O)(COc2ccccc2)C1. The predicted molar refractivity (Wildman–Crippen MR) is 78.7 cm³/mol. The van der Waals surface area contributed by atoms with E-state index in [4.69, 9.17) is 9.47 Å². The van der Waals surface area contributed by atoms with Gasteiger partial charge in [-0.25, -0.2) is 8.42 Å². The molecule has 1 saturated heterocycles. The number of sulfonamides is 1. The summed E-state index contributed by atoms with van der Waals surface area (Å²) in [7, 11) is -3.36. The van der Waals surface area contributed by atoms with Gasteiger partial charge in [0.1, 0.15) is 18.0 Å². The molecule has 1 aliphatic heterocycles. The molecule has 1 aliphatic rings. The highest BCUT2D eigenvalue weighted by atomic mass is 32.2. The number of hydrogen-bond donors (Lipinski definition) is 1. The van der Waals surface area contributed by atoms with Crippen molar-refractivity contribution in [2.45, 2.75) is 12.5 Å². The third-order valence-electron chi connectivity index (χ3n) is 3.34. The molecule has 0 aliphatic carbocycles. The van der Waals surface area contributed by atoms with Gasteiger partial charge in [-0.2, -0.15) is 4.31 Å². The molecule has 1 N–H and O–H groups in total. The van der Waals surface area contributed by atoms with E-state index in [1.54, 1.807) is 19.1 Å². The van der Waals surface area contributed by atoms with Gasteiger partial charge in [-0.15, -0.1) is 0 Å². The smallest absolute Gasteiger partial charge is 0.214 e. The van der Waals surface area contributed by atoms with Crippen molar-refractivity contribution in [1.82, 2.24) is 4.31 Å². The summed E-state index contributed by atoms with van der Waals surface area (Å²) in [5.41, 5.74) is -1.35. The summed E-state index contributed by atoms with van der Waals surface area (Å²) in [4.78, 5) is 0. The zero-order valence-electron chi connectivity index (χ0n) is 12.1. The Morgan fingerprint density at radius 1 is 1.38 bits per heavy atom. The van der Waals surface area contributed by atoms with E-state index in [2.05, 4.69) is 0 Å². The molecule has 1 aromatic carbocycles. The van der Waals surface area contributed by atoms with Crippen molar-refractivity contribution in [3.63, 3.8) is 0 Å². The zero-order chi connectivity index (χ0) is 15.3. The third kappa shape index (κ3) is 4.41. The molecule has 0 saturated carbocycles. The Morgan fingerprint density at radius 2 is 2.10 bits per heavy atom. The molecule has 2 rings (SSSR count). The van der Waals surface area contributed by atoms with Crippen molar-refractivity contribution in [2.75, 3.05) is 38.7 Å². The second kappa shape index (κ2) is 6.74. The molecule has 1 atom stereocenters. The fraction of sp³-hybridized carbons (Fsp3) is 0.571. The van der Waals surface area contributed by atoms with Crippen LogP contribution in [0.4, 0.5) is 0 Å². The number of benzene rings is 1. The number of hydrogen-bond acceptors (Lipinski definition) is 5. The molecule has 0 unspecified atom stereocenters. The van der Waals surface area contributed by atoms with E-state index in [0.717, 1.165) is 0 Å². The van der Waals surface area contributed by atoms with Gasteiger partial charge in [0.05, 0.1) is 19.0 Å². The molecule has 7 heteroatoms. The second-order valence-electron chi connectivity index (χ2n) is 5.11. The van der Waals surface area contributed by atoms with Crippen LogP contribution in [0.15, 0.2) is 30.3 Å². The van der Waals surface area contributed by atoms with E-state index in [1.807, 2.05) is 18.2 Å². The Hall–Kier alpha value is -1.15. The molecule has 0 aromatic heterocycles. The van der Waals surface area contributed by atoms with Crippen LogP contribution in [0, 0.1) is 0 Å². The van der Waals surface area contributed by atoms with Crippen molar-refractivity contribution in [3.8, 4) is 5.75 Å². The monoisotopic (exact) mass is 315 g/mol. The van der Waals surface area contributed by atoms with Crippen LogP contribution < -0.4 is 4.74 Å². The van der Waals surface area contributed by atoms with E-state index in [9.17, 15) is 13.5 Å². The van der Waals surface area contributed by atoms with Gasteiger partial charge >= 0.3 is 0 Å². The first-order valence-corrected chi connectivity index (χ1v) is 8.52. The van der Waals surface area contributed by atoms with Gasteiger partial charge in [0, 0.05) is 13.1 Å². The largest absolute Gasteiger partial charge is 0.490 e. The lowest BCUT2D eigenvalue weighted by Crippen LogP contribution is -2.50. The summed E-state index contributed by atoms with van der Waals surface area (Å²) in [6.45, 7) is 2.12. The first-order chi connectivity index (χ1) is 9.95. The van der Waals surface area contributed by atoms with Crippen LogP contribution >= 0.6 is 0 Å². The maximum absolute atomic E-state index is 12.0. The number of rotatable bonds is 5. The number of aliphatic hydroxyl groups is 1. The van der Waals surface area contributed by atoms with Crippen molar-refractivity contribution in [1.29, 1.82) is 0 Å². The lowest BCUT2D eigenvalue weighted by molar-refractivity contribution is -0.0594. The van der Waals surface area contributed by atoms with E-state index in [0.29, 0.717) is 5.75 Å². The number of nitrogens with zero attached hydrogens (tertiary/aromatic N) is 1. The molecule has 118 valence electrons. The minimum Gasteiger partial charge on any atom is -0.490 e. The molecular formula is C14H21NO5S. The minimum absolute atomic E-state index is 0.00260. The molecule has 0 radical (unpaired) electrons. The van der Waals surface area contributed by atoms with Gasteiger partial charge in [0.2, 0.25) is 10.0 Å². The third-order valence-corrected chi connectivity index (χ3v) is 5.16. The normalized spacial score (nSPS) is 24.5. The van der Waals surface area contributed by atoms with Gasteiger partial charge in [-0.3, -0.25) is 0 Å². The highest BCUT2D eigenvalue weighted by molar-refractivity contribution is 7.89. The summed E-state index contributed by atoms with van der Waals surface area (Å²) < 4.78 is 36.1. The Bertz CT molecular complexity index is 548. The van der Waals surface area contributed by atoms with E-state index < -0.39 is 15.6 Å². The molecule has 0 bridgehead atoms.